The van der Waals surface area contributed by atoms with Gasteiger partial charge in [-0.05, 0) is 47.9 Å². The number of benzene rings is 1. The van der Waals surface area contributed by atoms with Gasteiger partial charge >= 0.3 is 0 Å². The molecule has 1 aromatic heterocycles. The number of hydrazone groups is 1. The number of likely N-dealkylation sites (tertiary alicyclic amines) is 1. The molecule has 26 heavy (non-hydrogen) atoms. The fraction of sp³-hybridized carbons (Fsp3) is 0.412. The molecule has 2 amide bonds. The molecular weight excluding hydrogens is 334 g/mol. The Morgan fingerprint density at radius 1 is 1.31 bits per heavy atom. The maximum absolute atomic E-state index is 12.1. The van der Waals surface area contributed by atoms with Gasteiger partial charge in [-0.2, -0.15) is 5.10 Å². The number of carbonyl (C=O) groups is 2. The first-order chi connectivity index (χ1) is 12.6. The lowest BCUT2D eigenvalue weighted by atomic mass is 10.1. The van der Waals surface area contributed by atoms with Crippen LogP contribution in [0.5, 0.6) is 0 Å². The Morgan fingerprint density at radius 3 is 3.00 bits per heavy atom. The standard InChI is InChI=1S/C17H21N7O2/c1-13(14-6-5-7-15(10-14)24-12-18-21-22-24)19-20-16(25)11-23-9-4-2-3-8-17(23)26/h5-7,10,12H,2-4,8-9,11H2,1H3,(H,20,25)/b19-13-. The van der Waals surface area contributed by atoms with Crippen molar-refractivity contribution in [2.45, 2.75) is 32.6 Å². The summed E-state index contributed by atoms with van der Waals surface area (Å²) >= 11 is 0. The molecule has 2 heterocycles. The molecule has 0 saturated carbocycles. The van der Waals surface area contributed by atoms with Gasteiger partial charge in [-0.1, -0.05) is 18.6 Å². The minimum absolute atomic E-state index is 0.0347. The normalized spacial score (nSPS) is 15.7. The molecule has 1 fully saturated rings. The fourth-order valence-corrected chi connectivity index (χ4v) is 2.78. The highest BCUT2D eigenvalue weighted by Gasteiger charge is 2.19. The van der Waals surface area contributed by atoms with Gasteiger partial charge in [0.1, 0.15) is 12.9 Å². The van der Waals surface area contributed by atoms with Gasteiger partial charge < -0.3 is 4.90 Å². The molecule has 9 nitrogen and oxygen atoms in total. The molecule has 136 valence electrons. The van der Waals surface area contributed by atoms with E-state index in [-0.39, 0.29) is 18.4 Å². The van der Waals surface area contributed by atoms with Crippen molar-refractivity contribution in [3.05, 3.63) is 36.2 Å². The second kappa shape index (κ2) is 8.32. The number of nitrogens with zero attached hydrogens (tertiary/aromatic N) is 6. The predicted octanol–water partition coefficient (Wildman–Crippen LogP) is 0.905. The quantitative estimate of drug-likeness (QED) is 0.634. The maximum Gasteiger partial charge on any atom is 0.259 e. The van der Waals surface area contributed by atoms with E-state index in [1.807, 2.05) is 24.3 Å². The maximum atomic E-state index is 12.1. The minimum atomic E-state index is -0.295. The highest BCUT2D eigenvalue weighted by Crippen LogP contribution is 2.11. The average molecular weight is 355 g/mol. The summed E-state index contributed by atoms with van der Waals surface area (Å²) < 4.78 is 1.54. The van der Waals surface area contributed by atoms with Crippen molar-refractivity contribution in [2.75, 3.05) is 13.1 Å². The van der Waals surface area contributed by atoms with Crippen LogP contribution in [0.1, 0.15) is 38.2 Å². The van der Waals surface area contributed by atoms with Gasteiger partial charge in [0.15, 0.2) is 0 Å². The zero-order chi connectivity index (χ0) is 18.4. The molecule has 0 bridgehead atoms. The van der Waals surface area contributed by atoms with Gasteiger partial charge in [0.25, 0.3) is 5.91 Å². The molecule has 3 rings (SSSR count). The molecule has 0 atom stereocenters. The van der Waals surface area contributed by atoms with Crippen LogP contribution in [-0.4, -0.2) is 55.7 Å². The molecule has 0 radical (unpaired) electrons. The van der Waals surface area contributed by atoms with Crippen LogP contribution < -0.4 is 5.43 Å². The van der Waals surface area contributed by atoms with Crippen LogP contribution in [0.2, 0.25) is 0 Å². The molecule has 9 heteroatoms. The summed E-state index contributed by atoms with van der Waals surface area (Å²) in [6.45, 7) is 2.47. The number of rotatable bonds is 5. The Balaban J connectivity index is 1.62. The summed E-state index contributed by atoms with van der Waals surface area (Å²) in [5.41, 5.74) is 4.81. The lowest BCUT2D eigenvalue weighted by Crippen LogP contribution is -2.39. The molecule has 1 N–H and O–H groups in total. The molecule has 0 aliphatic carbocycles. The van der Waals surface area contributed by atoms with Crippen molar-refractivity contribution in [3.63, 3.8) is 0 Å². The number of aromatic nitrogens is 4. The Bertz CT molecular complexity index is 801. The Kier molecular flexibility index (Phi) is 5.67. The lowest BCUT2D eigenvalue weighted by Gasteiger charge is -2.19. The van der Waals surface area contributed by atoms with E-state index in [0.717, 1.165) is 30.5 Å². The van der Waals surface area contributed by atoms with Crippen LogP contribution in [0, 0.1) is 0 Å². The van der Waals surface area contributed by atoms with Gasteiger partial charge in [-0.25, -0.2) is 10.1 Å². The van der Waals surface area contributed by atoms with Crippen LogP contribution in [0.15, 0.2) is 35.7 Å². The summed E-state index contributed by atoms with van der Waals surface area (Å²) in [6, 6.07) is 7.50. The smallest absolute Gasteiger partial charge is 0.259 e. The third-order valence-electron chi connectivity index (χ3n) is 4.23. The van der Waals surface area contributed by atoms with E-state index in [9.17, 15) is 9.59 Å². The van der Waals surface area contributed by atoms with Gasteiger partial charge in [0.2, 0.25) is 5.91 Å². The summed E-state index contributed by atoms with van der Waals surface area (Å²) in [4.78, 5) is 25.7. The highest BCUT2D eigenvalue weighted by atomic mass is 16.2. The number of amides is 2. The van der Waals surface area contributed by atoms with Crippen molar-refractivity contribution < 1.29 is 9.59 Å². The van der Waals surface area contributed by atoms with Crippen LogP contribution in [0.25, 0.3) is 5.69 Å². The lowest BCUT2D eigenvalue weighted by molar-refractivity contribution is -0.135. The summed E-state index contributed by atoms with van der Waals surface area (Å²) in [5.74, 6) is -0.260. The minimum Gasteiger partial charge on any atom is -0.333 e. The van der Waals surface area contributed by atoms with Gasteiger partial charge in [-0.3, -0.25) is 9.59 Å². The van der Waals surface area contributed by atoms with E-state index >= 15 is 0 Å². The largest absolute Gasteiger partial charge is 0.333 e. The van der Waals surface area contributed by atoms with E-state index in [0.29, 0.717) is 18.7 Å². The third kappa shape index (κ3) is 4.50. The summed E-state index contributed by atoms with van der Waals surface area (Å²) in [6.07, 6.45) is 4.88. The van der Waals surface area contributed by atoms with Crippen molar-refractivity contribution in [2.24, 2.45) is 5.10 Å². The average Bonchev–Trinajstić information content (AvgIpc) is 3.12. The van der Waals surface area contributed by atoms with E-state index in [1.165, 1.54) is 6.33 Å². The molecule has 0 unspecified atom stereocenters. The monoisotopic (exact) mass is 355 g/mol. The topological polar surface area (TPSA) is 105 Å². The van der Waals surface area contributed by atoms with Crippen molar-refractivity contribution in [1.82, 2.24) is 30.5 Å². The second-order valence-corrected chi connectivity index (χ2v) is 6.16. The van der Waals surface area contributed by atoms with E-state index in [4.69, 9.17) is 0 Å². The van der Waals surface area contributed by atoms with Crippen molar-refractivity contribution >= 4 is 17.5 Å². The number of carbonyl (C=O) groups excluding carboxylic acids is 2. The van der Waals surface area contributed by atoms with E-state index in [1.54, 1.807) is 16.5 Å². The SMILES string of the molecule is C/C(=N/NC(=O)CN1CCCCCC1=O)c1cccc(-n2cnnn2)c1. The first-order valence-corrected chi connectivity index (χ1v) is 8.58. The number of hydrogen-bond acceptors (Lipinski definition) is 6. The van der Waals surface area contributed by atoms with E-state index < -0.39 is 0 Å². The van der Waals surface area contributed by atoms with Gasteiger partial charge in [0.05, 0.1) is 11.4 Å². The van der Waals surface area contributed by atoms with Crippen molar-refractivity contribution in [1.29, 1.82) is 0 Å². The zero-order valence-electron chi connectivity index (χ0n) is 14.6. The molecule has 0 spiro atoms. The molecule has 2 aromatic rings. The predicted molar refractivity (Wildman–Crippen MR) is 94.6 cm³/mol. The Labute approximate surface area is 151 Å². The number of tetrazole rings is 1. The molecule has 1 aromatic carbocycles. The zero-order valence-corrected chi connectivity index (χ0v) is 14.6. The van der Waals surface area contributed by atoms with Gasteiger partial charge in [0, 0.05) is 13.0 Å². The van der Waals surface area contributed by atoms with E-state index in [2.05, 4.69) is 26.1 Å². The van der Waals surface area contributed by atoms with Crippen LogP contribution in [0.3, 0.4) is 0 Å². The Morgan fingerprint density at radius 2 is 2.19 bits per heavy atom. The fourth-order valence-electron chi connectivity index (χ4n) is 2.78. The first kappa shape index (κ1) is 17.7. The van der Waals surface area contributed by atoms with Crippen LogP contribution in [-0.2, 0) is 9.59 Å². The Hall–Kier alpha value is -3.10. The second-order valence-electron chi connectivity index (χ2n) is 6.16. The third-order valence-corrected chi connectivity index (χ3v) is 4.23. The van der Waals surface area contributed by atoms with Crippen LogP contribution >= 0.6 is 0 Å². The number of hydrogen-bond donors (Lipinski definition) is 1. The summed E-state index contributed by atoms with van der Waals surface area (Å²) in [5, 5.41) is 15.2. The number of nitrogens with one attached hydrogen (secondary N) is 1. The molecule has 1 aliphatic heterocycles. The molecule has 1 saturated heterocycles. The van der Waals surface area contributed by atoms with Crippen molar-refractivity contribution in [3.8, 4) is 5.69 Å². The molecular formula is C17H21N7O2. The summed E-state index contributed by atoms with van der Waals surface area (Å²) in [7, 11) is 0. The highest BCUT2D eigenvalue weighted by molar-refractivity contribution is 5.99. The van der Waals surface area contributed by atoms with Gasteiger partial charge in [-0.15, -0.1) is 5.10 Å². The van der Waals surface area contributed by atoms with Crippen LogP contribution in [0.4, 0.5) is 0 Å². The first-order valence-electron chi connectivity index (χ1n) is 8.58. The molecule has 1 aliphatic rings.